The van der Waals surface area contributed by atoms with Gasteiger partial charge in [-0.05, 0) is 6.07 Å². The molecule has 0 radical (unpaired) electrons. The quantitative estimate of drug-likeness (QED) is 0.645. The summed E-state index contributed by atoms with van der Waals surface area (Å²) in [7, 11) is 0. The van der Waals surface area contributed by atoms with Crippen LogP contribution in [-0.2, 0) is 0 Å². The van der Waals surface area contributed by atoms with Crippen molar-refractivity contribution in [1.82, 2.24) is 0 Å². The molecule has 1 rings (SSSR count). The van der Waals surface area contributed by atoms with Crippen LogP contribution in [0.25, 0.3) is 0 Å². The second kappa shape index (κ2) is 4.52. The van der Waals surface area contributed by atoms with E-state index in [1.807, 2.05) is 0 Å². The van der Waals surface area contributed by atoms with Gasteiger partial charge in [0, 0.05) is 11.6 Å². The van der Waals surface area contributed by atoms with Gasteiger partial charge in [0.2, 0.25) is 0 Å². The first-order valence-electron chi connectivity index (χ1n) is 4.12. The SMILES string of the molecule is N#Cc1cc([N+](=O)[O-])c(C(=O)O)cc1C(F)F. The summed E-state index contributed by atoms with van der Waals surface area (Å²) >= 11 is 0. The van der Waals surface area contributed by atoms with Gasteiger partial charge < -0.3 is 5.11 Å². The Morgan fingerprint density at radius 2 is 2.12 bits per heavy atom. The van der Waals surface area contributed by atoms with Crippen LogP contribution >= 0.6 is 0 Å². The second-order valence-corrected chi connectivity index (χ2v) is 2.93. The lowest BCUT2D eigenvalue weighted by atomic mass is 10.0. The maximum absolute atomic E-state index is 12.5. The van der Waals surface area contributed by atoms with Crippen LogP contribution < -0.4 is 0 Å². The Hall–Kier alpha value is -2.56. The molecule has 0 fully saturated rings. The van der Waals surface area contributed by atoms with Gasteiger partial charge in [0.25, 0.3) is 12.1 Å². The van der Waals surface area contributed by atoms with Crippen LogP contribution in [0.3, 0.4) is 0 Å². The number of alkyl halides is 2. The van der Waals surface area contributed by atoms with E-state index in [2.05, 4.69) is 0 Å². The Labute approximate surface area is 92.9 Å². The Bertz CT molecular complexity index is 537. The van der Waals surface area contributed by atoms with Crippen molar-refractivity contribution in [3.8, 4) is 6.07 Å². The molecule has 0 aliphatic rings. The zero-order valence-corrected chi connectivity index (χ0v) is 8.05. The fourth-order valence-electron chi connectivity index (χ4n) is 1.20. The van der Waals surface area contributed by atoms with Gasteiger partial charge in [-0.1, -0.05) is 0 Å². The van der Waals surface area contributed by atoms with Crippen molar-refractivity contribution in [2.45, 2.75) is 6.43 Å². The smallest absolute Gasteiger partial charge is 0.342 e. The van der Waals surface area contributed by atoms with Crippen LogP contribution in [-0.4, -0.2) is 16.0 Å². The lowest BCUT2D eigenvalue weighted by Gasteiger charge is -2.05. The lowest BCUT2D eigenvalue weighted by Crippen LogP contribution is -2.05. The van der Waals surface area contributed by atoms with Crippen molar-refractivity contribution in [3.05, 3.63) is 38.9 Å². The summed E-state index contributed by atoms with van der Waals surface area (Å²) in [5, 5.41) is 27.7. The van der Waals surface area contributed by atoms with Crippen LogP contribution in [0.2, 0.25) is 0 Å². The highest BCUT2D eigenvalue weighted by Gasteiger charge is 2.25. The molecule has 1 aromatic rings. The summed E-state index contributed by atoms with van der Waals surface area (Å²) in [4.78, 5) is 20.1. The molecule has 0 atom stereocenters. The van der Waals surface area contributed by atoms with E-state index in [0.717, 1.165) is 0 Å². The van der Waals surface area contributed by atoms with Gasteiger partial charge in [-0.15, -0.1) is 0 Å². The second-order valence-electron chi connectivity index (χ2n) is 2.93. The number of aromatic carboxylic acids is 1. The summed E-state index contributed by atoms with van der Waals surface area (Å²) in [6.45, 7) is 0. The average Bonchev–Trinajstić information content (AvgIpc) is 2.26. The summed E-state index contributed by atoms with van der Waals surface area (Å²) in [6.07, 6.45) is -3.08. The molecular formula is C9H4F2N2O4. The Kier molecular flexibility index (Phi) is 3.33. The van der Waals surface area contributed by atoms with Crippen LogP contribution in [0.5, 0.6) is 0 Å². The third-order valence-electron chi connectivity index (χ3n) is 1.95. The highest BCUT2D eigenvalue weighted by atomic mass is 19.3. The van der Waals surface area contributed by atoms with Gasteiger partial charge in [-0.25, -0.2) is 13.6 Å². The van der Waals surface area contributed by atoms with Crippen molar-refractivity contribution >= 4 is 11.7 Å². The van der Waals surface area contributed by atoms with Crippen LogP contribution in [0.4, 0.5) is 14.5 Å². The minimum atomic E-state index is -3.08. The van der Waals surface area contributed by atoms with E-state index in [9.17, 15) is 23.7 Å². The molecule has 6 nitrogen and oxygen atoms in total. The molecule has 0 saturated carbocycles. The third kappa shape index (κ3) is 2.34. The number of hydrogen-bond acceptors (Lipinski definition) is 4. The molecule has 88 valence electrons. The molecule has 0 unspecified atom stereocenters. The molecule has 0 spiro atoms. The van der Waals surface area contributed by atoms with E-state index >= 15 is 0 Å². The topological polar surface area (TPSA) is 104 Å². The Morgan fingerprint density at radius 3 is 2.47 bits per heavy atom. The number of nitro groups is 1. The summed E-state index contributed by atoms with van der Waals surface area (Å²) in [5.74, 6) is -1.71. The summed E-state index contributed by atoms with van der Waals surface area (Å²) in [5.41, 5.74) is -3.21. The van der Waals surface area contributed by atoms with Crippen LogP contribution in [0, 0.1) is 21.4 Å². The minimum Gasteiger partial charge on any atom is -0.477 e. The van der Waals surface area contributed by atoms with E-state index in [1.165, 1.54) is 6.07 Å². The monoisotopic (exact) mass is 242 g/mol. The number of nitriles is 1. The van der Waals surface area contributed by atoms with Crippen molar-refractivity contribution in [3.63, 3.8) is 0 Å². The number of carbonyl (C=O) groups is 1. The molecule has 0 aliphatic heterocycles. The van der Waals surface area contributed by atoms with Crippen molar-refractivity contribution in [2.24, 2.45) is 0 Å². The molecule has 17 heavy (non-hydrogen) atoms. The minimum absolute atomic E-state index is 0.448. The zero-order chi connectivity index (χ0) is 13.2. The van der Waals surface area contributed by atoms with Gasteiger partial charge in [0.15, 0.2) is 0 Å². The van der Waals surface area contributed by atoms with E-state index in [4.69, 9.17) is 10.4 Å². The lowest BCUT2D eigenvalue weighted by molar-refractivity contribution is -0.385. The predicted molar refractivity (Wildman–Crippen MR) is 49.7 cm³/mol. The highest BCUT2D eigenvalue weighted by Crippen LogP contribution is 2.29. The number of nitro benzene ring substituents is 1. The number of benzene rings is 1. The standard InChI is InChI=1S/C9H4F2N2O4/c10-8(11)5-2-6(9(14)15)7(13(16)17)1-4(5)3-12/h1-2,8H,(H,14,15). The number of rotatable bonds is 3. The van der Waals surface area contributed by atoms with Crippen molar-refractivity contribution in [2.75, 3.05) is 0 Å². The fourth-order valence-corrected chi connectivity index (χ4v) is 1.20. The van der Waals surface area contributed by atoms with E-state index in [0.29, 0.717) is 12.1 Å². The molecule has 0 saturated heterocycles. The van der Waals surface area contributed by atoms with E-state index < -0.39 is 39.7 Å². The molecule has 0 aliphatic carbocycles. The van der Waals surface area contributed by atoms with Crippen molar-refractivity contribution in [1.29, 1.82) is 5.26 Å². The number of nitrogens with zero attached hydrogens (tertiary/aromatic N) is 2. The molecule has 1 N–H and O–H groups in total. The molecule has 1 aromatic carbocycles. The van der Waals surface area contributed by atoms with Gasteiger partial charge in [0.05, 0.1) is 16.6 Å². The average molecular weight is 242 g/mol. The van der Waals surface area contributed by atoms with Crippen LogP contribution in [0.1, 0.15) is 27.9 Å². The highest BCUT2D eigenvalue weighted by molar-refractivity contribution is 5.93. The number of carboxylic acid groups (broad SMARTS) is 1. The molecule has 0 amide bonds. The zero-order valence-electron chi connectivity index (χ0n) is 8.05. The van der Waals surface area contributed by atoms with Gasteiger partial charge in [-0.3, -0.25) is 10.1 Å². The Balaban J connectivity index is 3.61. The fraction of sp³-hybridized carbons (Fsp3) is 0.111. The number of carboxylic acids is 1. The molecule has 8 heteroatoms. The van der Waals surface area contributed by atoms with Gasteiger partial charge in [-0.2, -0.15) is 5.26 Å². The number of halogens is 2. The normalized spacial score (nSPS) is 10.0. The molecule has 0 bridgehead atoms. The first kappa shape index (κ1) is 12.5. The summed E-state index contributed by atoms with van der Waals surface area (Å²) in [6, 6.07) is 2.34. The molecule has 0 heterocycles. The summed E-state index contributed by atoms with van der Waals surface area (Å²) < 4.78 is 25.0. The predicted octanol–water partition coefficient (Wildman–Crippen LogP) is 2.10. The number of hydrogen-bond donors (Lipinski definition) is 1. The third-order valence-corrected chi connectivity index (χ3v) is 1.95. The Morgan fingerprint density at radius 1 is 1.53 bits per heavy atom. The van der Waals surface area contributed by atoms with Crippen LogP contribution in [0.15, 0.2) is 12.1 Å². The first-order valence-corrected chi connectivity index (χ1v) is 4.12. The maximum Gasteiger partial charge on any atom is 0.342 e. The largest absolute Gasteiger partial charge is 0.477 e. The van der Waals surface area contributed by atoms with E-state index in [-0.39, 0.29) is 0 Å². The first-order chi connectivity index (χ1) is 7.88. The maximum atomic E-state index is 12.5. The van der Waals surface area contributed by atoms with Gasteiger partial charge >= 0.3 is 5.97 Å². The van der Waals surface area contributed by atoms with Crippen molar-refractivity contribution < 1.29 is 23.6 Å². The van der Waals surface area contributed by atoms with Gasteiger partial charge in [0.1, 0.15) is 5.56 Å². The molecular weight excluding hydrogens is 238 g/mol. The van der Waals surface area contributed by atoms with E-state index in [1.54, 1.807) is 0 Å². The molecule has 0 aromatic heterocycles.